The first kappa shape index (κ1) is 16.5. The number of hydrogen-bond donors (Lipinski definition) is 1. The Morgan fingerprint density at radius 3 is 2.37 bits per heavy atom. The van der Waals surface area contributed by atoms with E-state index < -0.39 is 14.6 Å². The van der Waals surface area contributed by atoms with E-state index in [1.54, 1.807) is 20.8 Å². The van der Waals surface area contributed by atoms with Crippen molar-refractivity contribution in [2.45, 2.75) is 38.5 Å². The minimum atomic E-state index is -3.08. The van der Waals surface area contributed by atoms with Crippen LogP contribution < -0.4 is 5.32 Å². The second-order valence-electron chi connectivity index (χ2n) is 5.63. The lowest BCUT2D eigenvalue weighted by Gasteiger charge is -2.21. The normalized spacial score (nSPS) is 14.4. The molecular formula is C14H22ClNO2S. The molecule has 0 aliphatic heterocycles. The highest BCUT2D eigenvalue weighted by atomic mass is 35.5. The van der Waals surface area contributed by atoms with E-state index in [0.29, 0.717) is 11.6 Å². The number of halogens is 1. The van der Waals surface area contributed by atoms with Crippen molar-refractivity contribution in [3.63, 3.8) is 0 Å². The molecule has 0 aromatic heterocycles. The highest BCUT2D eigenvalue weighted by Crippen LogP contribution is 2.22. The Morgan fingerprint density at radius 2 is 1.84 bits per heavy atom. The van der Waals surface area contributed by atoms with E-state index in [9.17, 15) is 8.42 Å². The van der Waals surface area contributed by atoms with Crippen LogP contribution >= 0.6 is 11.6 Å². The molecule has 0 amide bonds. The predicted molar refractivity (Wildman–Crippen MR) is 81.4 cm³/mol. The Balaban J connectivity index is 2.58. The molecule has 0 unspecified atom stereocenters. The van der Waals surface area contributed by atoms with E-state index >= 15 is 0 Å². The molecule has 3 nitrogen and oxygen atoms in total. The van der Waals surface area contributed by atoms with Gasteiger partial charge in [0.2, 0.25) is 0 Å². The van der Waals surface area contributed by atoms with Crippen LogP contribution in [0.5, 0.6) is 0 Å². The topological polar surface area (TPSA) is 46.2 Å². The van der Waals surface area contributed by atoms with Crippen molar-refractivity contribution >= 4 is 21.4 Å². The average molecular weight is 304 g/mol. The van der Waals surface area contributed by atoms with E-state index in [4.69, 9.17) is 11.6 Å². The zero-order chi connectivity index (χ0) is 14.7. The van der Waals surface area contributed by atoms with Gasteiger partial charge in [0.05, 0.1) is 10.5 Å². The first-order valence-electron chi connectivity index (χ1n) is 6.35. The summed E-state index contributed by atoms with van der Waals surface area (Å²) in [6.07, 6.45) is 0. The van der Waals surface area contributed by atoms with Crippen LogP contribution in [-0.4, -0.2) is 25.5 Å². The van der Waals surface area contributed by atoms with Crippen LogP contribution in [0.1, 0.15) is 39.3 Å². The van der Waals surface area contributed by atoms with Crippen molar-refractivity contribution in [1.29, 1.82) is 0 Å². The molecular weight excluding hydrogens is 282 g/mol. The summed E-state index contributed by atoms with van der Waals surface area (Å²) in [4.78, 5) is 0. The van der Waals surface area contributed by atoms with Gasteiger partial charge in [0.15, 0.2) is 9.84 Å². The lowest BCUT2D eigenvalue weighted by molar-refractivity contribution is 0.546. The molecule has 0 saturated heterocycles. The molecule has 108 valence electrons. The summed E-state index contributed by atoms with van der Waals surface area (Å²) in [6, 6.07) is 7.61. The zero-order valence-corrected chi connectivity index (χ0v) is 13.5. The summed E-state index contributed by atoms with van der Waals surface area (Å²) < 4.78 is 23.2. The fourth-order valence-electron chi connectivity index (χ4n) is 1.65. The number of sulfone groups is 1. The van der Waals surface area contributed by atoms with Gasteiger partial charge in [-0.2, -0.15) is 0 Å². The molecule has 1 atom stereocenters. The van der Waals surface area contributed by atoms with Gasteiger partial charge < -0.3 is 5.32 Å². The SMILES string of the molecule is C[C@@H](NCCS(=O)(=O)C(C)(C)C)c1ccccc1Cl. The summed E-state index contributed by atoms with van der Waals surface area (Å²) in [5.74, 6) is 0.130. The maximum atomic E-state index is 12.0. The zero-order valence-electron chi connectivity index (χ0n) is 11.9. The fourth-order valence-corrected chi connectivity index (χ4v) is 2.95. The second-order valence-corrected chi connectivity index (χ2v) is 8.90. The van der Waals surface area contributed by atoms with Crippen LogP contribution in [0.4, 0.5) is 0 Å². The van der Waals surface area contributed by atoms with Gasteiger partial charge >= 0.3 is 0 Å². The quantitative estimate of drug-likeness (QED) is 0.908. The summed E-state index contributed by atoms with van der Waals surface area (Å²) >= 11 is 6.10. The largest absolute Gasteiger partial charge is 0.309 e. The van der Waals surface area contributed by atoms with Crippen molar-refractivity contribution in [1.82, 2.24) is 5.32 Å². The third kappa shape index (κ3) is 4.48. The fraction of sp³-hybridized carbons (Fsp3) is 0.571. The molecule has 0 radical (unpaired) electrons. The van der Waals surface area contributed by atoms with Crippen LogP contribution in [0.3, 0.4) is 0 Å². The van der Waals surface area contributed by atoms with Gasteiger partial charge in [-0.25, -0.2) is 8.42 Å². The van der Waals surface area contributed by atoms with Crippen LogP contribution in [0.15, 0.2) is 24.3 Å². The second kappa shape index (κ2) is 6.25. The van der Waals surface area contributed by atoms with Gasteiger partial charge in [0.1, 0.15) is 0 Å². The number of nitrogens with one attached hydrogen (secondary N) is 1. The number of rotatable bonds is 5. The predicted octanol–water partition coefficient (Wildman–Crippen LogP) is 3.20. The molecule has 1 aromatic carbocycles. The molecule has 0 heterocycles. The maximum absolute atomic E-state index is 12.0. The van der Waals surface area contributed by atoms with E-state index in [2.05, 4.69) is 5.32 Å². The molecule has 1 rings (SSSR count). The molecule has 0 fully saturated rings. The summed E-state index contributed by atoms with van der Waals surface area (Å²) in [6.45, 7) is 7.57. The summed E-state index contributed by atoms with van der Waals surface area (Å²) in [7, 11) is -3.08. The van der Waals surface area contributed by atoms with Gasteiger partial charge in [-0.1, -0.05) is 29.8 Å². The minimum Gasteiger partial charge on any atom is -0.309 e. The maximum Gasteiger partial charge on any atom is 0.156 e. The lowest BCUT2D eigenvalue weighted by Crippen LogP contribution is -2.35. The van der Waals surface area contributed by atoms with E-state index in [0.717, 1.165) is 5.56 Å². The lowest BCUT2D eigenvalue weighted by atomic mass is 10.1. The molecule has 0 spiro atoms. The smallest absolute Gasteiger partial charge is 0.156 e. The molecule has 0 aliphatic carbocycles. The Bertz CT molecular complexity index is 520. The Labute approximate surface area is 121 Å². The first-order chi connectivity index (χ1) is 8.65. The molecule has 19 heavy (non-hydrogen) atoms. The van der Waals surface area contributed by atoms with Crippen molar-refractivity contribution in [2.24, 2.45) is 0 Å². The summed E-state index contributed by atoms with van der Waals surface area (Å²) in [5, 5.41) is 3.90. The van der Waals surface area contributed by atoms with Crippen LogP contribution in [0.25, 0.3) is 0 Å². The Hall–Kier alpha value is -0.580. The molecule has 1 aromatic rings. The van der Waals surface area contributed by atoms with Gasteiger partial charge in [-0.3, -0.25) is 0 Å². The van der Waals surface area contributed by atoms with Crippen molar-refractivity contribution in [3.05, 3.63) is 34.9 Å². The Kier molecular flexibility index (Phi) is 5.42. The van der Waals surface area contributed by atoms with Gasteiger partial charge in [-0.15, -0.1) is 0 Å². The monoisotopic (exact) mass is 303 g/mol. The van der Waals surface area contributed by atoms with Gasteiger partial charge in [0.25, 0.3) is 0 Å². The van der Waals surface area contributed by atoms with E-state index in [1.807, 2.05) is 31.2 Å². The third-order valence-electron chi connectivity index (χ3n) is 3.13. The van der Waals surface area contributed by atoms with Crippen LogP contribution in [0, 0.1) is 0 Å². The number of hydrogen-bond acceptors (Lipinski definition) is 3. The van der Waals surface area contributed by atoms with E-state index in [1.165, 1.54) is 0 Å². The highest BCUT2D eigenvalue weighted by Gasteiger charge is 2.28. The van der Waals surface area contributed by atoms with Crippen molar-refractivity contribution in [2.75, 3.05) is 12.3 Å². The highest BCUT2D eigenvalue weighted by molar-refractivity contribution is 7.92. The Morgan fingerprint density at radius 1 is 1.26 bits per heavy atom. The van der Waals surface area contributed by atoms with Crippen LogP contribution in [-0.2, 0) is 9.84 Å². The minimum absolute atomic E-state index is 0.0314. The van der Waals surface area contributed by atoms with E-state index in [-0.39, 0.29) is 11.8 Å². The van der Waals surface area contributed by atoms with Crippen molar-refractivity contribution in [3.8, 4) is 0 Å². The molecule has 0 aliphatic rings. The standard InChI is InChI=1S/C14H22ClNO2S/c1-11(12-7-5-6-8-13(12)15)16-9-10-19(17,18)14(2,3)4/h5-8,11,16H,9-10H2,1-4H3/t11-/m1/s1. The van der Waals surface area contributed by atoms with Crippen molar-refractivity contribution < 1.29 is 8.42 Å². The summed E-state index contributed by atoms with van der Waals surface area (Å²) in [5.41, 5.74) is 0.984. The third-order valence-corrected chi connectivity index (χ3v) is 6.08. The molecule has 0 saturated carbocycles. The van der Waals surface area contributed by atoms with Gasteiger partial charge in [0, 0.05) is 17.6 Å². The van der Waals surface area contributed by atoms with Gasteiger partial charge in [-0.05, 0) is 39.3 Å². The van der Waals surface area contributed by atoms with Crippen LogP contribution in [0.2, 0.25) is 5.02 Å². The molecule has 0 bridgehead atoms. The average Bonchev–Trinajstić information content (AvgIpc) is 2.27. The molecule has 1 N–H and O–H groups in total. The molecule has 5 heteroatoms. The number of benzene rings is 1. The first-order valence-corrected chi connectivity index (χ1v) is 8.38.